The molecule has 2 N–H and O–H groups in total. The third-order valence-corrected chi connectivity index (χ3v) is 6.05. The van der Waals surface area contributed by atoms with Gasteiger partial charge in [0.15, 0.2) is 0 Å². The highest BCUT2D eigenvalue weighted by atomic mass is 35.5. The summed E-state index contributed by atoms with van der Waals surface area (Å²) in [6, 6.07) is 9.46. The van der Waals surface area contributed by atoms with Crippen molar-refractivity contribution in [3.8, 4) is 0 Å². The van der Waals surface area contributed by atoms with Gasteiger partial charge < -0.3 is 14.8 Å². The molecule has 1 aliphatic rings. The van der Waals surface area contributed by atoms with Crippen LogP contribution in [-0.4, -0.2) is 37.0 Å². The Balaban J connectivity index is 1.65. The van der Waals surface area contributed by atoms with Crippen LogP contribution in [0.3, 0.4) is 0 Å². The molecule has 26 heavy (non-hydrogen) atoms. The molecule has 1 aromatic carbocycles. The second-order valence-corrected chi connectivity index (χ2v) is 7.64. The van der Waals surface area contributed by atoms with Crippen molar-refractivity contribution in [3.63, 3.8) is 0 Å². The number of aromatic nitrogens is 3. The molecule has 0 spiro atoms. The largest absolute Gasteiger partial charge is 0.390 e. The number of halogens is 1. The minimum Gasteiger partial charge on any atom is -0.390 e. The van der Waals surface area contributed by atoms with Gasteiger partial charge in [-0.05, 0) is 48.9 Å². The lowest BCUT2D eigenvalue weighted by Gasteiger charge is -2.23. The van der Waals surface area contributed by atoms with Crippen LogP contribution in [0, 0.1) is 12.8 Å². The van der Waals surface area contributed by atoms with Gasteiger partial charge >= 0.3 is 0 Å². The van der Waals surface area contributed by atoms with Gasteiger partial charge in [0.25, 0.3) is 0 Å². The van der Waals surface area contributed by atoms with Crippen molar-refractivity contribution in [3.05, 3.63) is 59.1 Å². The fraction of sp³-hybridized carbons (Fsp3) is 0.400. The van der Waals surface area contributed by atoms with E-state index in [1.165, 1.54) is 0 Å². The smallest absolute Gasteiger partial charge is 0.143 e. The molecular weight excluding hydrogens is 350 g/mol. The average molecular weight is 372 g/mol. The number of hydrogen-bond acceptors (Lipinski definition) is 4. The minimum absolute atomic E-state index is 0.0449. The lowest BCUT2D eigenvalue weighted by atomic mass is 9.85. The first-order chi connectivity index (χ1) is 12.5. The maximum atomic E-state index is 10.7. The summed E-state index contributed by atoms with van der Waals surface area (Å²) in [5.74, 6) is 0.0664. The van der Waals surface area contributed by atoms with Crippen LogP contribution in [0.2, 0.25) is 5.02 Å². The number of fused-ring (bicyclic) bond motifs is 1. The SMILES string of the molecule is Cc1ncnc2c1ccn2C1CC([C@@H](C)c2ccc(Cl)cc2)[C@@H](O)[C@H]1O. The molecule has 3 aromatic rings. The Morgan fingerprint density at radius 3 is 2.58 bits per heavy atom. The molecule has 1 saturated carbocycles. The number of benzene rings is 1. The first-order valence-electron chi connectivity index (χ1n) is 8.87. The minimum atomic E-state index is -0.833. The van der Waals surface area contributed by atoms with E-state index in [4.69, 9.17) is 11.6 Å². The van der Waals surface area contributed by atoms with E-state index in [2.05, 4.69) is 16.9 Å². The quantitative estimate of drug-likeness (QED) is 0.739. The van der Waals surface area contributed by atoms with E-state index in [1.54, 1.807) is 6.33 Å². The summed E-state index contributed by atoms with van der Waals surface area (Å²) < 4.78 is 1.98. The Morgan fingerprint density at radius 2 is 1.85 bits per heavy atom. The summed E-state index contributed by atoms with van der Waals surface area (Å²) in [6.07, 6.45) is 2.53. The Kier molecular flexibility index (Phi) is 4.47. The van der Waals surface area contributed by atoms with E-state index >= 15 is 0 Å². The fourth-order valence-electron chi connectivity index (χ4n) is 4.20. The Morgan fingerprint density at radius 1 is 1.12 bits per heavy atom. The summed E-state index contributed by atoms with van der Waals surface area (Å²) in [4.78, 5) is 8.61. The number of nitrogens with zero attached hydrogens (tertiary/aromatic N) is 3. The highest BCUT2D eigenvalue weighted by molar-refractivity contribution is 6.30. The monoisotopic (exact) mass is 371 g/mol. The summed E-state index contributed by atoms with van der Waals surface area (Å²) in [5, 5.41) is 23.1. The zero-order chi connectivity index (χ0) is 18.4. The predicted molar refractivity (Wildman–Crippen MR) is 101 cm³/mol. The van der Waals surface area contributed by atoms with Crippen LogP contribution < -0.4 is 0 Å². The summed E-state index contributed by atoms with van der Waals surface area (Å²) in [5.41, 5.74) is 2.82. The maximum absolute atomic E-state index is 10.7. The molecule has 5 nitrogen and oxygen atoms in total. The van der Waals surface area contributed by atoms with Gasteiger partial charge in [0.05, 0.1) is 17.8 Å². The van der Waals surface area contributed by atoms with Crippen molar-refractivity contribution in [1.82, 2.24) is 14.5 Å². The number of aliphatic hydroxyl groups is 2. The van der Waals surface area contributed by atoms with E-state index < -0.39 is 12.2 Å². The predicted octanol–water partition coefficient (Wildman–Crippen LogP) is 3.48. The Bertz CT molecular complexity index is 924. The number of aryl methyl sites for hydroxylation is 1. The van der Waals surface area contributed by atoms with Gasteiger partial charge in [-0.1, -0.05) is 30.7 Å². The molecule has 5 atom stereocenters. The van der Waals surface area contributed by atoms with Crippen LogP contribution in [0.5, 0.6) is 0 Å². The Labute approximate surface area is 157 Å². The van der Waals surface area contributed by atoms with Crippen LogP contribution >= 0.6 is 11.6 Å². The summed E-state index contributed by atoms with van der Waals surface area (Å²) >= 11 is 5.98. The fourth-order valence-corrected chi connectivity index (χ4v) is 4.32. The van der Waals surface area contributed by atoms with Gasteiger partial charge in [-0.15, -0.1) is 0 Å². The lowest BCUT2D eigenvalue weighted by molar-refractivity contribution is 0.00292. The highest BCUT2D eigenvalue weighted by Gasteiger charge is 2.45. The van der Waals surface area contributed by atoms with Crippen molar-refractivity contribution in [2.75, 3.05) is 0 Å². The number of aliphatic hydroxyl groups excluding tert-OH is 2. The van der Waals surface area contributed by atoms with Gasteiger partial charge in [0.2, 0.25) is 0 Å². The van der Waals surface area contributed by atoms with Crippen molar-refractivity contribution in [2.45, 2.75) is 44.4 Å². The Hall–Kier alpha value is -1.95. The molecule has 1 aliphatic carbocycles. The molecule has 1 fully saturated rings. The standard InChI is InChI=1S/C20H22ClN3O2/c1-11(13-3-5-14(21)6-4-13)16-9-17(19(26)18(16)25)24-8-7-15-12(2)22-10-23-20(15)24/h3-8,10-11,16-19,25-26H,9H2,1-2H3/t11-,16?,17?,18+,19-/m0/s1. The van der Waals surface area contributed by atoms with E-state index in [0.29, 0.717) is 11.4 Å². The highest BCUT2D eigenvalue weighted by Crippen LogP contribution is 2.44. The van der Waals surface area contributed by atoms with Crippen LogP contribution in [0.4, 0.5) is 0 Å². The maximum Gasteiger partial charge on any atom is 0.143 e. The molecule has 0 saturated heterocycles. The van der Waals surface area contributed by atoms with Gasteiger partial charge in [0, 0.05) is 16.6 Å². The van der Waals surface area contributed by atoms with E-state index in [1.807, 2.05) is 48.0 Å². The average Bonchev–Trinajstić information content (AvgIpc) is 3.18. The van der Waals surface area contributed by atoms with Crippen LogP contribution in [0.1, 0.15) is 36.6 Å². The second kappa shape index (κ2) is 6.65. The topological polar surface area (TPSA) is 71.2 Å². The molecule has 0 radical (unpaired) electrons. The van der Waals surface area contributed by atoms with Crippen molar-refractivity contribution in [1.29, 1.82) is 0 Å². The second-order valence-electron chi connectivity index (χ2n) is 7.21. The number of hydrogen-bond donors (Lipinski definition) is 2. The molecule has 2 unspecified atom stereocenters. The van der Waals surface area contributed by atoms with Crippen molar-refractivity contribution in [2.24, 2.45) is 5.92 Å². The van der Waals surface area contributed by atoms with Crippen molar-refractivity contribution >= 4 is 22.6 Å². The molecule has 136 valence electrons. The first-order valence-corrected chi connectivity index (χ1v) is 9.25. The lowest BCUT2D eigenvalue weighted by Crippen LogP contribution is -2.31. The van der Waals surface area contributed by atoms with E-state index in [9.17, 15) is 10.2 Å². The molecule has 2 aromatic heterocycles. The zero-order valence-corrected chi connectivity index (χ0v) is 15.5. The summed E-state index contributed by atoms with van der Waals surface area (Å²) in [6.45, 7) is 4.03. The third-order valence-electron chi connectivity index (χ3n) is 5.80. The summed E-state index contributed by atoms with van der Waals surface area (Å²) in [7, 11) is 0. The van der Waals surface area contributed by atoms with Crippen LogP contribution in [0.15, 0.2) is 42.9 Å². The van der Waals surface area contributed by atoms with Gasteiger partial charge in [-0.2, -0.15) is 0 Å². The molecule has 4 rings (SSSR count). The zero-order valence-electron chi connectivity index (χ0n) is 14.7. The molecule has 0 aliphatic heterocycles. The molecule has 2 heterocycles. The number of rotatable bonds is 3. The third kappa shape index (κ3) is 2.80. The normalized spacial score (nSPS) is 27.1. The van der Waals surface area contributed by atoms with Gasteiger partial charge in [-0.3, -0.25) is 0 Å². The van der Waals surface area contributed by atoms with Crippen molar-refractivity contribution < 1.29 is 10.2 Å². The van der Waals surface area contributed by atoms with Gasteiger partial charge in [0.1, 0.15) is 18.1 Å². The van der Waals surface area contributed by atoms with Crippen LogP contribution in [-0.2, 0) is 0 Å². The van der Waals surface area contributed by atoms with E-state index in [0.717, 1.165) is 22.3 Å². The van der Waals surface area contributed by atoms with E-state index in [-0.39, 0.29) is 17.9 Å². The molecule has 6 heteroatoms. The molecule has 0 bridgehead atoms. The molecular formula is C20H22ClN3O2. The van der Waals surface area contributed by atoms with Crippen LogP contribution in [0.25, 0.3) is 11.0 Å². The molecule has 0 amide bonds. The first kappa shape index (κ1) is 17.5. The van der Waals surface area contributed by atoms with Gasteiger partial charge in [-0.25, -0.2) is 9.97 Å².